The Morgan fingerprint density at radius 1 is 0.864 bits per heavy atom. The van der Waals surface area contributed by atoms with Gasteiger partial charge in [0.1, 0.15) is 60.4 Å². The van der Waals surface area contributed by atoms with Crippen LogP contribution in [0.5, 0.6) is 0 Å². The molecule has 3 aliphatic rings. The minimum absolute atomic E-state index is 0.0543. The van der Waals surface area contributed by atoms with Crippen LogP contribution in [-0.4, -0.2) is 99.9 Å². The van der Waals surface area contributed by atoms with Gasteiger partial charge in [-0.3, -0.25) is 31.8 Å². The summed E-state index contributed by atoms with van der Waals surface area (Å²) < 4.78 is 68.9. The molecule has 9 atom stereocenters. The standard InChI is InChI=1S/C21H26N10O11P2/c1-36-44(35)38-4-11-16(15(32)21(40-11)31-8-29-14-18(23)25-6-27-20(14)31)42-43(33,34)37-3-10-9(41-44)2-12(39-10)30-7-28-13-17(22)24-5-26-19(13)30/h5-12,15-16,21,32H,2-4H2,1H3,(H,33,34)(H2,22,24,26)(H2,23,25,27)/t9-,10?,11?,12+,15+,16+,21+,44?/m0/s1. The van der Waals surface area contributed by atoms with Crippen LogP contribution in [0.1, 0.15) is 18.9 Å². The molecule has 0 aromatic carbocycles. The summed E-state index contributed by atoms with van der Waals surface area (Å²) in [6.45, 7) is -1.11. The van der Waals surface area contributed by atoms with Gasteiger partial charge in [0.2, 0.25) is 0 Å². The van der Waals surface area contributed by atoms with Crippen LogP contribution < -0.4 is 11.5 Å². The van der Waals surface area contributed by atoms with E-state index in [1.807, 2.05) is 0 Å². The van der Waals surface area contributed by atoms with E-state index in [2.05, 4.69) is 29.9 Å². The number of phosphoric acid groups is 2. The topological polar surface area (TPSA) is 278 Å². The maximum Gasteiger partial charge on any atom is 0.474 e. The number of hydrogen-bond donors (Lipinski definition) is 4. The zero-order chi connectivity index (χ0) is 30.8. The van der Waals surface area contributed by atoms with Crippen LogP contribution in [0.3, 0.4) is 0 Å². The zero-order valence-electron chi connectivity index (χ0n) is 22.7. The fraction of sp³-hybridized carbons (Fsp3) is 0.524. The Kier molecular flexibility index (Phi) is 7.38. The summed E-state index contributed by atoms with van der Waals surface area (Å²) in [4.78, 5) is 35.2. The molecule has 0 amide bonds. The lowest BCUT2D eigenvalue weighted by Crippen LogP contribution is -2.37. The second-order valence-electron chi connectivity index (χ2n) is 9.99. The fourth-order valence-corrected chi connectivity index (χ4v) is 7.39. The molecule has 236 valence electrons. The first-order valence-electron chi connectivity index (χ1n) is 13.1. The number of nitrogens with zero attached hydrogens (tertiary/aromatic N) is 8. The largest absolute Gasteiger partial charge is 0.474 e. The van der Waals surface area contributed by atoms with Gasteiger partial charge in [-0.2, -0.15) is 0 Å². The smallest absolute Gasteiger partial charge is 0.386 e. The second-order valence-corrected chi connectivity index (χ2v) is 13.1. The second kappa shape index (κ2) is 11.0. The Labute approximate surface area is 246 Å². The molecular weight excluding hydrogens is 630 g/mol. The van der Waals surface area contributed by atoms with Crippen molar-refractivity contribution in [1.82, 2.24) is 39.0 Å². The van der Waals surface area contributed by atoms with E-state index in [-0.39, 0.29) is 29.2 Å². The highest BCUT2D eigenvalue weighted by Gasteiger charge is 2.52. The predicted octanol–water partition coefficient (Wildman–Crippen LogP) is 0.0485. The van der Waals surface area contributed by atoms with Crippen molar-refractivity contribution in [2.75, 3.05) is 31.8 Å². The van der Waals surface area contributed by atoms with Crippen LogP contribution in [0, 0.1) is 0 Å². The lowest BCUT2D eigenvalue weighted by atomic mass is 10.1. The Bertz CT molecular complexity index is 1810. The van der Waals surface area contributed by atoms with E-state index >= 15 is 0 Å². The molecule has 0 radical (unpaired) electrons. The van der Waals surface area contributed by atoms with E-state index in [0.29, 0.717) is 11.2 Å². The molecule has 21 nitrogen and oxygen atoms in total. The Hall–Kier alpha value is -3.20. The fourth-order valence-electron chi connectivity index (χ4n) is 5.29. The van der Waals surface area contributed by atoms with Crippen LogP contribution in [0.4, 0.5) is 11.6 Å². The van der Waals surface area contributed by atoms with E-state index < -0.39 is 71.8 Å². The van der Waals surface area contributed by atoms with Crippen molar-refractivity contribution in [2.24, 2.45) is 0 Å². The van der Waals surface area contributed by atoms with Gasteiger partial charge in [0.25, 0.3) is 0 Å². The molecule has 0 bridgehead atoms. The van der Waals surface area contributed by atoms with Gasteiger partial charge in [-0.15, -0.1) is 0 Å². The summed E-state index contributed by atoms with van der Waals surface area (Å²) in [6.07, 6.45) is -3.26. The predicted molar refractivity (Wildman–Crippen MR) is 144 cm³/mol. The summed E-state index contributed by atoms with van der Waals surface area (Å²) in [6, 6.07) is 0. The molecule has 0 saturated carbocycles. The lowest BCUT2D eigenvalue weighted by Gasteiger charge is -2.28. The molecular formula is C21H26N10O11P2. The van der Waals surface area contributed by atoms with Gasteiger partial charge < -0.3 is 30.9 Å². The summed E-state index contributed by atoms with van der Waals surface area (Å²) in [5.41, 5.74) is 12.9. The quantitative estimate of drug-likeness (QED) is 0.212. The number of imidazole rings is 2. The van der Waals surface area contributed by atoms with Gasteiger partial charge in [-0.05, 0) is 0 Å². The van der Waals surface area contributed by atoms with Gasteiger partial charge in [-0.25, -0.2) is 39.0 Å². The molecule has 3 fully saturated rings. The number of fused-ring (bicyclic) bond motifs is 4. The van der Waals surface area contributed by atoms with Crippen LogP contribution in [0.25, 0.3) is 22.3 Å². The molecule has 4 aromatic heterocycles. The molecule has 3 aliphatic heterocycles. The number of aliphatic hydroxyl groups is 1. The maximum absolute atomic E-state index is 13.6. The average Bonchev–Trinajstić information content (AvgIpc) is 3.77. The molecule has 4 aromatic rings. The molecule has 7 heterocycles. The van der Waals surface area contributed by atoms with Crippen molar-refractivity contribution in [3.63, 3.8) is 0 Å². The Balaban J connectivity index is 1.16. The highest BCUT2D eigenvalue weighted by atomic mass is 31.2. The third kappa shape index (κ3) is 5.15. The van der Waals surface area contributed by atoms with Crippen molar-refractivity contribution in [2.45, 2.75) is 49.4 Å². The van der Waals surface area contributed by atoms with Crippen LogP contribution in [0.2, 0.25) is 0 Å². The van der Waals surface area contributed by atoms with E-state index in [1.54, 1.807) is 4.57 Å². The molecule has 7 rings (SSSR count). The van der Waals surface area contributed by atoms with Crippen molar-refractivity contribution in [1.29, 1.82) is 0 Å². The molecule has 0 spiro atoms. The highest BCUT2D eigenvalue weighted by molar-refractivity contribution is 7.48. The first kappa shape index (κ1) is 29.5. The van der Waals surface area contributed by atoms with Gasteiger partial charge in [0.05, 0.1) is 25.9 Å². The summed E-state index contributed by atoms with van der Waals surface area (Å²) in [7, 11) is -8.07. The number of nitrogen functional groups attached to an aromatic ring is 2. The van der Waals surface area contributed by atoms with Crippen molar-refractivity contribution < 1.29 is 51.2 Å². The maximum atomic E-state index is 13.6. The monoisotopic (exact) mass is 656 g/mol. The number of nitrogens with two attached hydrogens (primary N) is 2. The van der Waals surface area contributed by atoms with E-state index in [1.165, 1.54) is 29.9 Å². The number of rotatable bonds is 3. The third-order valence-electron chi connectivity index (χ3n) is 7.39. The zero-order valence-corrected chi connectivity index (χ0v) is 24.5. The highest BCUT2D eigenvalue weighted by Crippen LogP contribution is 2.55. The number of aromatic nitrogens is 8. The number of ether oxygens (including phenoxy) is 2. The minimum Gasteiger partial charge on any atom is -0.386 e. The molecule has 4 unspecified atom stereocenters. The van der Waals surface area contributed by atoms with Gasteiger partial charge in [0.15, 0.2) is 29.2 Å². The first-order valence-corrected chi connectivity index (χ1v) is 16.0. The molecule has 6 N–H and O–H groups in total. The Morgan fingerprint density at radius 2 is 1.50 bits per heavy atom. The number of hydrogen-bond acceptors (Lipinski definition) is 18. The van der Waals surface area contributed by atoms with Crippen molar-refractivity contribution >= 4 is 49.6 Å². The molecule has 0 aliphatic carbocycles. The number of anilines is 2. The molecule has 44 heavy (non-hydrogen) atoms. The van der Waals surface area contributed by atoms with Crippen LogP contribution in [0.15, 0.2) is 25.3 Å². The normalized spacial score (nSPS) is 36.6. The number of phosphoric ester groups is 2. The van der Waals surface area contributed by atoms with Crippen LogP contribution in [-0.2, 0) is 41.2 Å². The van der Waals surface area contributed by atoms with Crippen molar-refractivity contribution in [3.8, 4) is 0 Å². The van der Waals surface area contributed by atoms with Gasteiger partial charge >= 0.3 is 15.6 Å². The summed E-state index contributed by atoms with van der Waals surface area (Å²) in [5, 5.41) is 11.2. The Morgan fingerprint density at radius 3 is 2.18 bits per heavy atom. The molecule has 23 heteroatoms. The van der Waals surface area contributed by atoms with Crippen LogP contribution >= 0.6 is 15.6 Å². The summed E-state index contributed by atoms with van der Waals surface area (Å²) in [5.74, 6) is 0.247. The summed E-state index contributed by atoms with van der Waals surface area (Å²) >= 11 is 0. The van der Waals surface area contributed by atoms with Gasteiger partial charge in [-0.1, -0.05) is 0 Å². The van der Waals surface area contributed by atoms with Gasteiger partial charge in [0, 0.05) is 13.5 Å². The van der Waals surface area contributed by atoms with E-state index in [4.69, 9.17) is 43.6 Å². The SMILES string of the molecule is COP1(=O)OCC2O[C@@H](n3cnc4c(N)ncnc43)[C@H](O)[C@@H]2OP(=O)(O)OCC2O[C@@H](n3cnc4c(N)ncnc43)C[C@@H]2O1. The lowest BCUT2D eigenvalue weighted by molar-refractivity contribution is -0.0674. The average molecular weight is 656 g/mol. The molecule has 3 saturated heterocycles. The van der Waals surface area contributed by atoms with E-state index in [0.717, 1.165) is 7.11 Å². The number of aliphatic hydroxyl groups excluding tert-OH is 1. The van der Waals surface area contributed by atoms with Crippen molar-refractivity contribution in [3.05, 3.63) is 25.3 Å². The first-order chi connectivity index (χ1) is 21.1. The third-order valence-corrected chi connectivity index (χ3v) is 9.82. The minimum atomic E-state index is -4.88. The van der Waals surface area contributed by atoms with E-state index in [9.17, 15) is 19.1 Å².